The summed E-state index contributed by atoms with van der Waals surface area (Å²) >= 11 is 0. The molecule has 0 fully saturated rings. The summed E-state index contributed by atoms with van der Waals surface area (Å²) in [5.41, 5.74) is 3.09. The Hall–Kier alpha value is -3.54. The van der Waals surface area contributed by atoms with Crippen LogP contribution in [-0.4, -0.2) is 23.3 Å². The molecule has 0 atom stereocenters. The standard InChI is InChI=1S/C21H16FN3O2/c22-17-5-7-18(8-6-17)24-20(26)15-11-16(13-23-12-15)21(27)25-10-9-14-3-1-2-4-19(14)25/h1-8,11-13H,9-10H2,(H,24,26). The largest absolute Gasteiger partial charge is 0.322 e. The maximum atomic E-state index is 13.0. The summed E-state index contributed by atoms with van der Waals surface area (Å²) in [5.74, 6) is -0.984. The zero-order valence-electron chi connectivity index (χ0n) is 14.4. The Balaban J connectivity index is 1.55. The number of anilines is 2. The Morgan fingerprint density at radius 1 is 1.00 bits per heavy atom. The molecule has 0 saturated heterocycles. The minimum absolute atomic E-state index is 0.191. The van der Waals surface area contributed by atoms with Crippen molar-refractivity contribution >= 4 is 23.2 Å². The fourth-order valence-electron chi connectivity index (χ4n) is 3.12. The van der Waals surface area contributed by atoms with Crippen LogP contribution in [0.5, 0.6) is 0 Å². The van der Waals surface area contributed by atoms with Crippen LogP contribution in [0.3, 0.4) is 0 Å². The Morgan fingerprint density at radius 2 is 1.74 bits per heavy atom. The normalized spacial score (nSPS) is 12.6. The molecule has 2 amide bonds. The minimum atomic E-state index is -0.411. The van der Waals surface area contributed by atoms with Crippen molar-refractivity contribution in [3.63, 3.8) is 0 Å². The number of amides is 2. The zero-order chi connectivity index (χ0) is 18.8. The van der Waals surface area contributed by atoms with E-state index in [4.69, 9.17) is 0 Å². The predicted molar refractivity (Wildman–Crippen MR) is 100 cm³/mol. The Labute approximate surface area is 155 Å². The van der Waals surface area contributed by atoms with Crippen LogP contribution in [0.2, 0.25) is 0 Å². The number of nitrogens with one attached hydrogen (secondary N) is 1. The molecule has 0 spiro atoms. The molecule has 134 valence electrons. The highest BCUT2D eigenvalue weighted by Crippen LogP contribution is 2.28. The minimum Gasteiger partial charge on any atom is -0.322 e. The monoisotopic (exact) mass is 361 g/mol. The Bertz CT molecular complexity index is 1020. The molecular weight excluding hydrogens is 345 g/mol. The van der Waals surface area contributed by atoms with E-state index in [0.29, 0.717) is 17.8 Å². The number of nitrogens with zero attached hydrogens (tertiary/aromatic N) is 2. The first-order chi connectivity index (χ1) is 13.1. The van der Waals surface area contributed by atoms with Gasteiger partial charge in [0.2, 0.25) is 0 Å². The van der Waals surface area contributed by atoms with Crippen LogP contribution in [0.25, 0.3) is 0 Å². The zero-order valence-corrected chi connectivity index (χ0v) is 14.4. The topological polar surface area (TPSA) is 62.3 Å². The smallest absolute Gasteiger partial charge is 0.259 e. The molecule has 0 aliphatic carbocycles. The van der Waals surface area contributed by atoms with Gasteiger partial charge in [0.15, 0.2) is 0 Å². The highest BCUT2D eigenvalue weighted by Gasteiger charge is 2.25. The second-order valence-electron chi connectivity index (χ2n) is 6.26. The van der Waals surface area contributed by atoms with Crippen LogP contribution in [0.15, 0.2) is 67.0 Å². The maximum absolute atomic E-state index is 13.0. The number of halogens is 1. The molecule has 6 heteroatoms. The number of hydrogen-bond acceptors (Lipinski definition) is 3. The van der Waals surface area contributed by atoms with E-state index in [1.165, 1.54) is 42.7 Å². The highest BCUT2D eigenvalue weighted by molar-refractivity contribution is 6.10. The quantitative estimate of drug-likeness (QED) is 0.774. The van der Waals surface area contributed by atoms with E-state index in [0.717, 1.165) is 17.7 Å². The fourth-order valence-corrected chi connectivity index (χ4v) is 3.12. The summed E-state index contributed by atoms with van der Waals surface area (Å²) in [7, 11) is 0. The Kier molecular flexibility index (Phi) is 4.38. The molecular formula is C21H16FN3O2. The van der Waals surface area contributed by atoms with Gasteiger partial charge in [-0.3, -0.25) is 14.6 Å². The lowest BCUT2D eigenvalue weighted by Crippen LogP contribution is -2.29. The molecule has 27 heavy (non-hydrogen) atoms. The number of fused-ring (bicyclic) bond motifs is 1. The number of carbonyl (C=O) groups excluding carboxylic acids is 2. The van der Waals surface area contributed by atoms with Gasteiger partial charge in [-0.25, -0.2) is 4.39 Å². The van der Waals surface area contributed by atoms with Crippen molar-refractivity contribution in [1.82, 2.24) is 4.98 Å². The number of hydrogen-bond donors (Lipinski definition) is 1. The molecule has 0 radical (unpaired) electrons. The van der Waals surface area contributed by atoms with E-state index >= 15 is 0 Å². The molecule has 1 aromatic heterocycles. The van der Waals surface area contributed by atoms with E-state index in [1.807, 2.05) is 24.3 Å². The van der Waals surface area contributed by atoms with Crippen molar-refractivity contribution in [2.24, 2.45) is 0 Å². The summed E-state index contributed by atoms with van der Waals surface area (Å²) in [6.07, 6.45) is 3.66. The van der Waals surface area contributed by atoms with Gasteiger partial charge in [0, 0.05) is 30.3 Å². The van der Waals surface area contributed by atoms with Gasteiger partial charge in [0.05, 0.1) is 11.1 Å². The van der Waals surface area contributed by atoms with Gasteiger partial charge in [0.1, 0.15) is 5.82 Å². The van der Waals surface area contributed by atoms with E-state index in [-0.39, 0.29) is 17.3 Å². The molecule has 3 aromatic rings. The lowest BCUT2D eigenvalue weighted by molar-refractivity contribution is 0.0989. The molecule has 1 aliphatic heterocycles. The van der Waals surface area contributed by atoms with Crippen LogP contribution >= 0.6 is 0 Å². The number of carbonyl (C=O) groups is 2. The van der Waals surface area contributed by atoms with E-state index < -0.39 is 5.91 Å². The van der Waals surface area contributed by atoms with Gasteiger partial charge in [-0.1, -0.05) is 18.2 Å². The molecule has 4 rings (SSSR count). The lowest BCUT2D eigenvalue weighted by Gasteiger charge is -2.17. The number of para-hydroxylation sites is 1. The summed E-state index contributed by atoms with van der Waals surface area (Å²) in [5, 5.41) is 2.67. The molecule has 5 nitrogen and oxygen atoms in total. The third kappa shape index (κ3) is 3.42. The van der Waals surface area contributed by atoms with Crippen molar-refractivity contribution in [1.29, 1.82) is 0 Å². The predicted octanol–water partition coefficient (Wildman–Crippen LogP) is 3.68. The lowest BCUT2D eigenvalue weighted by atomic mass is 10.1. The molecule has 0 bridgehead atoms. The van der Waals surface area contributed by atoms with Gasteiger partial charge < -0.3 is 10.2 Å². The number of benzene rings is 2. The van der Waals surface area contributed by atoms with Gasteiger partial charge in [-0.15, -0.1) is 0 Å². The van der Waals surface area contributed by atoms with E-state index in [1.54, 1.807) is 4.90 Å². The molecule has 2 heterocycles. The second-order valence-corrected chi connectivity index (χ2v) is 6.26. The van der Waals surface area contributed by atoms with E-state index in [9.17, 15) is 14.0 Å². The van der Waals surface area contributed by atoms with Crippen molar-refractivity contribution in [2.75, 3.05) is 16.8 Å². The summed E-state index contributed by atoms with van der Waals surface area (Å²) in [6, 6.07) is 14.8. The van der Waals surface area contributed by atoms with Crippen molar-refractivity contribution in [2.45, 2.75) is 6.42 Å². The van der Waals surface area contributed by atoms with Crippen LogP contribution in [0, 0.1) is 5.82 Å². The van der Waals surface area contributed by atoms with Crippen molar-refractivity contribution < 1.29 is 14.0 Å². The molecule has 2 aromatic carbocycles. The first-order valence-electron chi connectivity index (χ1n) is 8.53. The number of aromatic nitrogens is 1. The third-order valence-electron chi connectivity index (χ3n) is 4.48. The molecule has 1 aliphatic rings. The molecule has 0 unspecified atom stereocenters. The highest BCUT2D eigenvalue weighted by atomic mass is 19.1. The van der Waals surface area contributed by atoms with E-state index in [2.05, 4.69) is 10.3 Å². The Morgan fingerprint density at radius 3 is 2.56 bits per heavy atom. The second kappa shape index (κ2) is 6.99. The van der Waals surface area contributed by atoms with Crippen LogP contribution in [-0.2, 0) is 6.42 Å². The average Bonchev–Trinajstić information content (AvgIpc) is 3.13. The molecule has 1 N–H and O–H groups in total. The maximum Gasteiger partial charge on any atom is 0.259 e. The molecule has 0 saturated carbocycles. The van der Waals surface area contributed by atoms with Crippen LogP contribution in [0.4, 0.5) is 15.8 Å². The van der Waals surface area contributed by atoms with Crippen molar-refractivity contribution in [3.05, 3.63) is 89.5 Å². The summed E-state index contributed by atoms with van der Waals surface area (Å²) in [4.78, 5) is 31.1. The number of rotatable bonds is 3. The van der Waals surface area contributed by atoms with Gasteiger partial charge in [0.25, 0.3) is 11.8 Å². The summed E-state index contributed by atoms with van der Waals surface area (Å²) < 4.78 is 13.0. The first-order valence-corrected chi connectivity index (χ1v) is 8.53. The number of pyridine rings is 1. The van der Waals surface area contributed by atoms with Crippen LogP contribution < -0.4 is 10.2 Å². The van der Waals surface area contributed by atoms with Gasteiger partial charge in [-0.05, 0) is 48.4 Å². The van der Waals surface area contributed by atoms with Crippen molar-refractivity contribution in [3.8, 4) is 0 Å². The third-order valence-corrected chi connectivity index (χ3v) is 4.48. The van der Waals surface area contributed by atoms with Crippen LogP contribution in [0.1, 0.15) is 26.3 Å². The fraction of sp³-hybridized carbons (Fsp3) is 0.0952. The van der Waals surface area contributed by atoms with Gasteiger partial charge in [-0.2, -0.15) is 0 Å². The van der Waals surface area contributed by atoms with Gasteiger partial charge >= 0.3 is 0 Å². The average molecular weight is 361 g/mol. The SMILES string of the molecule is O=C(Nc1ccc(F)cc1)c1cncc(C(=O)N2CCc3ccccc32)c1. The first kappa shape index (κ1) is 16.9. The summed E-state index contributed by atoms with van der Waals surface area (Å²) in [6.45, 7) is 0.601.